The van der Waals surface area contributed by atoms with Gasteiger partial charge >= 0.3 is 0 Å². The smallest absolute Gasteiger partial charge is 0.230 e. The normalized spacial score (nSPS) is 10.8. The Bertz CT molecular complexity index is 1210. The third-order valence-electron chi connectivity index (χ3n) is 4.34. The Kier molecular flexibility index (Phi) is 6.66. The Balaban J connectivity index is 1.40. The van der Waals surface area contributed by atoms with E-state index in [1.54, 1.807) is 17.0 Å². The molecule has 4 aromatic rings. The number of thiazole rings is 1. The molecule has 0 bridgehead atoms. The average molecular weight is 471 g/mol. The molecule has 2 aromatic heterocycles. The van der Waals surface area contributed by atoms with Crippen LogP contribution >= 0.6 is 23.1 Å². The van der Waals surface area contributed by atoms with E-state index in [0.717, 1.165) is 11.4 Å². The molecule has 11 heteroatoms. The van der Waals surface area contributed by atoms with E-state index in [1.807, 2.05) is 35.7 Å². The highest BCUT2D eigenvalue weighted by atomic mass is 32.2. The SMILES string of the molecule is CC(=O)N(c1ccccc1)c1nc(CSc2nnc(COc3ccccc3F)n2N)cs1. The van der Waals surface area contributed by atoms with Crippen molar-refractivity contribution in [2.24, 2.45) is 0 Å². The van der Waals surface area contributed by atoms with E-state index in [2.05, 4.69) is 15.2 Å². The summed E-state index contributed by atoms with van der Waals surface area (Å²) in [7, 11) is 0. The van der Waals surface area contributed by atoms with E-state index in [1.165, 1.54) is 46.8 Å². The summed E-state index contributed by atoms with van der Waals surface area (Å²) in [4.78, 5) is 18.3. The molecule has 32 heavy (non-hydrogen) atoms. The topological polar surface area (TPSA) is 99.2 Å². The van der Waals surface area contributed by atoms with Crippen LogP contribution in [-0.2, 0) is 17.2 Å². The van der Waals surface area contributed by atoms with E-state index in [-0.39, 0.29) is 18.3 Å². The van der Waals surface area contributed by atoms with Gasteiger partial charge in [-0.2, -0.15) is 0 Å². The lowest BCUT2D eigenvalue weighted by molar-refractivity contribution is -0.115. The minimum absolute atomic E-state index is 0.0174. The molecule has 0 aliphatic rings. The number of carbonyl (C=O) groups excluding carboxylic acids is 1. The Labute approximate surface area is 191 Å². The van der Waals surface area contributed by atoms with Crippen LogP contribution in [-0.4, -0.2) is 25.8 Å². The molecular formula is C21H19FN6O2S2. The highest BCUT2D eigenvalue weighted by Gasteiger charge is 2.18. The average Bonchev–Trinajstić information content (AvgIpc) is 3.39. The van der Waals surface area contributed by atoms with Gasteiger partial charge in [-0.3, -0.25) is 9.69 Å². The minimum atomic E-state index is -0.459. The number of para-hydroxylation sites is 2. The van der Waals surface area contributed by atoms with Gasteiger partial charge in [0.15, 0.2) is 22.5 Å². The van der Waals surface area contributed by atoms with Gasteiger partial charge in [0.1, 0.15) is 6.61 Å². The number of nitrogens with zero attached hydrogens (tertiary/aromatic N) is 5. The maximum Gasteiger partial charge on any atom is 0.230 e. The number of hydrogen-bond acceptors (Lipinski definition) is 8. The largest absolute Gasteiger partial charge is 0.482 e. The number of aromatic nitrogens is 4. The summed E-state index contributed by atoms with van der Waals surface area (Å²) in [5.74, 6) is 6.45. The number of carbonyl (C=O) groups is 1. The molecule has 2 aromatic carbocycles. The molecule has 0 atom stereocenters. The number of rotatable bonds is 8. The molecule has 0 aliphatic carbocycles. The van der Waals surface area contributed by atoms with Gasteiger partial charge in [0.2, 0.25) is 11.1 Å². The summed E-state index contributed by atoms with van der Waals surface area (Å²) in [6.07, 6.45) is 0. The predicted molar refractivity (Wildman–Crippen MR) is 122 cm³/mol. The van der Waals surface area contributed by atoms with E-state index >= 15 is 0 Å². The summed E-state index contributed by atoms with van der Waals surface area (Å²) < 4.78 is 20.4. The number of nitrogens with two attached hydrogens (primary N) is 1. The molecule has 2 heterocycles. The van der Waals surface area contributed by atoms with Crippen molar-refractivity contribution in [3.05, 3.63) is 77.3 Å². The Hall–Kier alpha value is -3.44. The summed E-state index contributed by atoms with van der Waals surface area (Å²) in [6, 6.07) is 15.5. The lowest BCUT2D eigenvalue weighted by Gasteiger charge is -2.17. The van der Waals surface area contributed by atoms with Gasteiger partial charge in [0, 0.05) is 18.1 Å². The lowest BCUT2D eigenvalue weighted by atomic mass is 10.3. The second-order valence-electron chi connectivity index (χ2n) is 6.59. The molecular weight excluding hydrogens is 451 g/mol. The van der Waals surface area contributed by atoms with Crippen molar-refractivity contribution in [3.8, 4) is 5.75 Å². The van der Waals surface area contributed by atoms with Gasteiger partial charge in [-0.15, -0.1) is 21.5 Å². The second kappa shape index (κ2) is 9.79. The van der Waals surface area contributed by atoms with Crippen molar-refractivity contribution < 1.29 is 13.9 Å². The molecule has 0 aliphatic heterocycles. The highest BCUT2D eigenvalue weighted by Crippen LogP contribution is 2.30. The molecule has 1 amide bonds. The number of benzene rings is 2. The molecule has 0 saturated heterocycles. The van der Waals surface area contributed by atoms with Gasteiger partial charge in [-0.1, -0.05) is 42.1 Å². The van der Waals surface area contributed by atoms with Crippen LogP contribution in [0.25, 0.3) is 0 Å². The van der Waals surface area contributed by atoms with Crippen LogP contribution in [0.15, 0.2) is 65.1 Å². The standard InChI is InChI=1S/C21H19FN6O2S2/c1-14(29)27(16-7-3-2-4-8-16)20-24-15(12-31-20)13-32-21-26-25-19(28(21)23)11-30-18-10-6-5-9-17(18)22/h2-10,12H,11,13,23H2,1H3. The van der Waals surface area contributed by atoms with Crippen molar-refractivity contribution in [2.45, 2.75) is 24.4 Å². The van der Waals surface area contributed by atoms with Crippen molar-refractivity contribution in [3.63, 3.8) is 0 Å². The van der Waals surface area contributed by atoms with Crippen LogP contribution in [0.4, 0.5) is 15.2 Å². The zero-order valence-corrected chi connectivity index (χ0v) is 18.6. The second-order valence-corrected chi connectivity index (χ2v) is 8.37. The first kappa shape index (κ1) is 21.8. The van der Waals surface area contributed by atoms with E-state index in [0.29, 0.717) is 21.9 Å². The molecule has 0 radical (unpaired) electrons. The van der Waals surface area contributed by atoms with Crippen molar-refractivity contribution in [1.82, 2.24) is 19.9 Å². The third kappa shape index (κ3) is 4.89. The number of thioether (sulfide) groups is 1. The zero-order chi connectivity index (χ0) is 22.5. The fraction of sp³-hybridized carbons (Fsp3) is 0.143. The van der Waals surface area contributed by atoms with Crippen LogP contribution in [0.1, 0.15) is 18.4 Å². The van der Waals surface area contributed by atoms with Crippen molar-refractivity contribution >= 4 is 39.8 Å². The monoisotopic (exact) mass is 470 g/mol. The van der Waals surface area contributed by atoms with E-state index in [4.69, 9.17) is 10.6 Å². The Morgan fingerprint density at radius 2 is 1.94 bits per heavy atom. The zero-order valence-electron chi connectivity index (χ0n) is 17.0. The van der Waals surface area contributed by atoms with Crippen LogP contribution in [0.2, 0.25) is 0 Å². The van der Waals surface area contributed by atoms with Crippen LogP contribution in [0.3, 0.4) is 0 Å². The third-order valence-corrected chi connectivity index (χ3v) is 6.19. The fourth-order valence-electron chi connectivity index (χ4n) is 2.82. The quantitative estimate of drug-likeness (QED) is 0.305. The van der Waals surface area contributed by atoms with E-state index < -0.39 is 5.82 Å². The number of nitrogen functional groups attached to an aromatic ring is 1. The number of anilines is 2. The summed E-state index contributed by atoms with van der Waals surface area (Å²) in [5.41, 5.74) is 1.54. The first-order valence-electron chi connectivity index (χ1n) is 9.52. The van der Waals surface area contributed by atoms with Crippen LogP contribution in [0.5, 0.6) is 5.75 Å². The molecule has 164 valence electrons. The van der Waals surface area contributed by atoms with Gasteiger partial charge in [-0.25, -0.2) is 14.1 Å². The number of hydrogen-bond donors (Lipinski definition) is 1. The lowest BCUT2D eigenvalue weighted by Crippen LogP contribution is -2.22. The van der Waals surface area contributed by atoms with Gasteiger partial charge < -0.3 is 10.6 Å². The Morgan fingerprint density at radius 3 is 2.69 bits per heavy atom. The first-order valence-corrected chi connectivity index (χ1v) is 11.4. The molecule has 0 spiro atoms. The number of amides is 1. The fourth-order valence-corrected chi connectivity index (χ4v) is 4.58. The Morgan fingerprint density at radius 1 is 1.19 bits per heavy atom. The van der Waals surface area contributed by atoms with Gasteiger partial charge in [0.05, 0.1) is 11.4 Å². The van der Waals surface area contributed by atoms with Crippen molar-refractivity contribution in [1.29, 1.82) is 0 Å². The summed E-state index contributed by atoms with van der Waals surface area (Å²) in [5, 5.41) is 11.0. The van der Waals surface area contributed by atoms with Gasteiger partial charge in [-0.05, 0) is 24.3 Å². The predicted octanol–water partition coefficient (Wildman–Crippen LogP) is 4.14. The maximum atomic E-state index is 13.7. The molecule has 0 unspecified atom stereocenters. The summed E-state index contributed by atoms with van der Waals surface area (Å²) >= 11 is 2.73. The van der Waals surface area contributed by atoms with Crippen LogP contribution in [0, 0.1) is 5.82 Å². The number of halogens is 1. The minimum Gasteiger partial charge on any atom is -0.482 e. The van der Waals surface area contributed by atoms with Gasteiger partial charge in [0.25, 0.3) is 0 Å². The number of ether oxygens (including phenoxy) is 1. The van der Waals surface area contributed by atoms with E-state index in [9.17, 15) is 9.18 Å². The maximum absolute atomic E-state index is 13.7. The first-order chi connectivity index (χ1) is 15.5. The molecule has 4 rings (SSSR count). The summed E-state index contributed by atoms with van der Waals surface area (Å²) in [6.45, 7) is 1.49. The van der Waals surface area contributed by atoms with Crippen LogP contribution < -0.4 is 15.5 Å². The highest BCUT2D eigenvalue weighted by molar-refractivity contribution is 7.98. The molecule has 8 nitrogen and oxygen atoms in total. The molecule has 2 N–H and O–H groups in total. The molecule has 0 saturated carbocycles. The molecule has 0 fully saturated rings. The van der Waals surface area contributed by atoms with Crippen molar-refractivity contribution in [2.75, 3.05) is 10.7 Å².